The van der Waals surface area contributed by atoms with Crippen LogP contribution in [0.2, 0.25) is 25.1 Å². The Morgan fingerprint density at radius 3 is 1.98 bits per heavy atom. The predicted octanol–water partition coefficient (Wildman–Crippen LogP) is 7.80. The number of hydrogen-bond acceptors (Lipinski definition) is 7. The van der Waals surface area contributed by atoms with Crippen LogP contribution in [0.1, 0.15) is 11.1 Å². The van der Waals surface area contributed by atoms with Crippen molar-refractivity contribution < 1.29 is 31.3 Å². The van der Waals surface area contributed by atoms with Gasteiger partial charge in [0.2, 0.25) is 0 Å². The fourth-order valence-electron chi connectivity index (χ4n) is 3.34. The van der Waals surface area contributed by atoms with Crippen LogP contribution in [0.5, 0.6) is 0 Å². The molecule has 3 aromatic rings. The molecule has 0 aliphatic rings. The van der Waals surface area contributed by atoms with E-state index in [-0.39, 0.29) is 28.3 Å². The molecule has 3 rings (SSSR count). The molecular formula is C26H23Cl5FNO6S. The number of halogens is 6. The Labute approximate surface area is 256 Å². The number of hydrogen-bond donors (Lipinski definition) is 0. The van der Waals surface area contributed by atoms with Crippen LogP contribution in [-0.4, -0.2) is 46.7 Å². The molecule has 0 saturated heterocycles. The Bertz CT molecular complexity index is 1390. The molecule has 0 unspecified atom stereocenters. The molecule has 0 saturated carbocycles. The van der Waals surface area contributed by atoms with Gasteiger partial charge < -0.3 is 14.3 Å². The summed E-state index contributed by atoms with van der Waals surface area (Å²) in [4.78, 5) is 4.12. The van der Waals surface area contributed by atoms with Crippen LogP contribution in [0, 0.1) is 0 Å². The molecule has 0 spiro atoms. The first-order valence-electron chi connectivity index (χ1n) is 11.5. The highest BCUT2D eigenvalue weighted by molar-refractivity contribution is 7.87. The van der Waals surface area contributed by atoms with Gasteiger partial charge in [-0.15, -0.1) is 0 Å². The van der Waals surface area contributed by atoms with Gasteiger partial charge in [-0.05, 0) is 47.5 Å². The van der Waals surface area contributed by atoms with Crippen LogP contribution in [0.15, 0.2) is 70.7 Å². The monoisotopic (exact) mass is 671 g/mol. The maximum Gasteiger partial charge on any atom is 0.298 e. The van der Waals surface area contributed by atoms with Gasteiger partial charge in [-0.3, -0.25) is 4.18 Å². The lowest BCUT2D eigenvalue weighted by atomic mass is 10.1. The maximum atomic E-state index is 15.5. The van der Waals surface area contributed by atoms with Gasteiger partial charge in [0.05, 0.1) is 41.1 Å². The first-order chi connectivity index (χ1) is 19.0. The quantitative estimate of drug-likeness (QED) is 0.0752. The summed E-state index contributed by atoms with van der Waals surface area (Å²) in [6, 6.07) is 15.6. The smallest absolute Gasteiger partial charge is 0.298 e. The standard InChI is InChI=1S/C26H23Cl5FNO6S/c1-36-33-12-23(32)26(38-14-17-4-8-19(28)9-5-17)24(15-37-13-16-2-6-18(27)7-3-16)39-40(34,35)25-11-21(30)20(29)10-22(25)31/h2-12,23-24,26H,13-15H2,1H3/b33-12-/t23-,24-,26+/m1/s1. The predicted molar refractivity (Wildman–Crippen MR) is 155 cm³/mol. The zero-order valence-corrected chi connectivity index (χ0v) is 25.4. The lowest BCUT2D eigenvalue weighted by Gasteiger charge is -2.28. The molecule has 0 aliphatic heterocycles. The van der Waals surface area contributed by atoms with Gasteiger partial charge >= 0.3 is 0 Å². The van der Waals surface area contributed by atoms with Crippen molar-refractivity contribution in [2.75, 3.05) is 13.7 Å². The minimum atomic E-state index is -4.63. The zero-order chi connectivity index (χ0) is 29.3. The minimum Gasteiger partial charge on any atom is -0.399 e. The molecule has 0 fully saturated rings. The maximum absolute atomic E-state index is 15.5. The molecule has 0 N–H and O–H groups in total. The van der Waals surface area contributed by atoms with Crippen molar-refractivity contribution in [3.05, 3.63) is 96.9 Å². The molecule has 0 bridgehead atoms. The van der Waals surface area contributed by atoms with E-state index < -0.39 is 40.0 Å². The number of alkyl halides is 1. The van der Waals surface area contributed by atoms with Gasteiger partial charge in [-0.1, -0.05) is 87.4 Å². The number of benzene rings is 3. The Morgan fingerprint density at radius 1 is 0.850 bits per heavy atom. The van der Waals surface area contributed by atoms with E-state index in [0.29, 0.717) is 15.6 Å². The van der Waals surface area contributed by atoms with Crippen LogP contribution < -0.4 is 0 Å². The van der Waals surface area contributed by atoms with Crippen molar-refractivity contribution in [3.8, 4) is 0 Å². The summed E-state index contributed by atoms with van der Waals surface area (Å²) in [5.41, 5.74) is 1.37. The third-order valence-electron chi connectivity index (χ3n) is 5.30. The average molecular weight is 674 g/mol. The van der Waals surface area contributed by atoms with Gasteiger partial charge in [0, 0.05) is 10.0 Å². The molecule has 40 heavy (non-hydrogen) atoms. The summed E-state index contributed by atoms with van der Waals surface area (Å²) < 4.78 is 59.1. The average Bonchev–Trinajstić information content (AvgIpc) is 2.91. The summed E-state index contributed by atoms with van der Waals surface area (Å²) >= 11 is 30.0. The van der Waals surface area contributed by atoms with E-state index in [9.17, 15) is 8.42 Å². The molecule has 14 heteroatoms. The minimum absolute atomic E-state index is 0.0391. The van der Waals surface area contributed by atoms with E-state index in [4.69, 9.17) is 71.7 Å². The van der Waals surface area contributed by atoms with E-state index in [1.54, 1.807) is 48.5 Å². The third kappa shape index (κ3) is 9.72. The van der Waals surface area contributed by atoms with E-state index >= 15 is 4.39 Å². The van der Waals surface area contributed by atoms with Gasteiger partial charge in [-0.25, -0.2) is 4.39 Å². The van der Waals surface area contributed by atoms with Gasteiger partial charge in [0.25, 0.3) is 10.1 Å². The molecule has 0 aromatic heterocycles. The summed E-state index contributed by atoms with van der Waals surface area (Å²) in [5, 5.41) is 4.21. The number of oxime groups is 1. The molecule has 0 aliphatic carbocycles. The fourth-order valence-corrected chi connectivity index (χ4v) is 5.64. The number of ether oxygens (including phenoxy) is 2. The fraction of sp³-hybridized carbons (Fsp3) is 0.269. The topological polar surface area (TPSA) is 83.4 Å². The van der Waals surface area contributed by atoms with Crippen LogP contribution >= 0.6 is 58.0 Å². The van der Waals surface area contributed by atoms with Crippen molar-refractivity contribution in [2.24, 2.45) is 5.16 Å². The van der Waals surface area contributed by atoms with Crippen LogP contribution in [0.25, 0.3) is 0 Å². The summed E-state index contributed by atoms with van der Waals surface area (Å²) in [6.45, 7) is -0.487. The van der Waals surface area contributed by atoms with Gasteiger partial charge in [-0.2, -0.15) is 8.42 Å². The highest BCUT2D eigenvalue weighted by atomic mass is 35.5. The highest BCUT2D eigenvalue weighted by Gasteiger charge is 2.36. The molecule has 0 heterocycles. The summed E-state index contributed by atoms with van der Waals surface area (Å²) in [7, 11) is -3.40. The highest BCUT2D eigenvalue weighted by Crippen LogP contribution is 2.33. The second-order valence-electron chi connectivity index (χ2n) is 8.21. The van der Waals surface area contributed by atoms with Crippen molar-refractivity contribution in [1.82, 2.24) is 0 Å². The Kier molecular flexibility index (Phi) is 12.8. The van der Waals surface area contributed by atoms with Crippen molar-refractivity contribution in [3.63, 3.8) is 0 Å². The van der Waals surface area contributed by atoms with Gasteiger partial charge in [0.1, 0.15) is 24.2 Å². The molecule has 3 atom stereocenters. The molecule has 0 amide bonds. The molecular weight excluding hydrogens is 651 g/mol. The largest absolute Gasteiger partial charge is 0.399 e. The lowest BCUT2D eigenvalue weighted by Crippen LogP contribution is -2.44. The number of nitrogens with zero attached hydrogens (tertiary/aromatic N) is 1. The van der Waals surface area contributed by atoms with Crippen molar-refractivity contribution in [2.45, 2.75) is 36.5 Å². The number of rotatable bonds is 14. The first-order valence-corrected chi connectivity index (χ1v) is 14.8. The van der Waals surface area contributed by atoms with E-state index in [0.717, 1.165) is 23.9 Å². The van der Waals surface area contributed by atoms with Crippen LogP contribution in [-0.2, 0) is 41.8 Å². The van der Waals surface area contributed by atoms with Crippen LogP contribution in [0.4, 0.5) is 4.39 Å². The van der Waals surface area contributed by atoms with Crippen molar-refractivity contribution in [1.29, 1.82) is 0 Å². The normalized spacial score (nSPS) is 14.3. The second kappa shape index (κ2) is 15.5. The first kappa shape index (κ1) is 32.8. The summed E-state index contributed by atoms with van der Waals surface area (Å²) in [5.74, 6) is 0. The molecule has 0 radical (unpaired) electrons. The SMILES string of the molecule is CO/N=C\[C@@H](F)[C@H](OCc1ccc(Cl)cc1)[C@@H](COCc1ccc(Cl)cc1)OS(=O)(=O)c1cc(Cl)c(Cl)cc1Cl. The molecule has 216 valence electrons. The zero-order valence-electron chi connectivity index (χ0n) is 20.8. The Morgan fingerprint density at radius 2 is 1.40 bits per heavy atom. The Hall–Kier alpha value is -1.66. The third-order valence-corrected chi connectivity index (χ3v) is 8.33. The van der Waals surface area contributed by atoms with E-state index in [2.05, 4.69) is 9.99 Å². The summed E-state index contributed by atoms with van der Waals surface area (Å²) in [6.07, 6.45) is -4.21. The van der Waals surface area contributed by atoms with E-state index in [1.165, 1.54) is 7.11 Å². The van der Waals surface area contributed by atoms with E-state index in [1.807, 2.05) is 0 Å². The second-order valence-corrected chi connectivity index (χ2v) is 11.8. The van der Waals surface area contributed by atoms with Gasteiger partial charge in [0.15, 0.2) is 6.17 Å². The Balaban J connectivity index is 1.92. The van der Waals surface area contributed by atoms with Crippen molar-refractivity contribution >= 4 is 74.3 Å². The molecule has 7 nitrogen and oxygen atoms in total. The van der Waals surface area contributed by atoms with Crippen LogP contribution in [0.3, 0.4) is 0 Å². The lowest BCUT2D eigenvalue weighted by molar-refractivity contribution is -0.0854. The molecule has 3 aromatic carbocycles.